The quantitative estimate of drug-likeness (QED) is 0.177. The zero-order valence-electron chi connectivity index (χ0n) is 34.6. The van der Waals surface area contributed by atoms with Crippen LogP contribution in [0.1, 0.15) is 58.4 Å². The minimum Gasteiger partial charge on any atom is -0.456 e. The molecule has 9 aromatic rings. The first-order valence-corrected chi connectivity index (χ1v) is 21.7. The predicted molar refractivity (Wildman–Crippen MR) is 256 cm³/mol. The Morgan fingerprint density at radius 1 is 0.323 bits per heavy atom. The van der Waals surface area contributed by atoms with Gasteiger partial charge in [0.25, 0.3) is 0 Å². The molecule has 0 unspecified atom stereocenters. The summed E-state index contributed by atoms with van der Waals surface area (Å²) in [5, 5.41) is 0. The van der Waals surface area contributed by atoms with Crippen molar-refractivity contribution in [3.8, 4) is 56.0 Å². The minimum atomic E-state index is -0.490. The Labute approximate surface area is 362 Å². The van der Waals surface area contributed by atoms with E-state index in [-0.39, 0.29) is 5.41 Å². The number of para-hydroxylation sites is 2. The first-order chi connectivity index (χ1) is 30.5. The van der Waals surface area contributed by atoms with E-state index in [0.29, 0.717) is 0 Å². The molecule has 0 radical (unpaired) electrons. The van der Waals surface area contributed by atoms with Crippen molar-refractivity contribution in [3.63, 3.8) is 0 Å². The van der Waals surface area contributed by atoms with Gasteiger partial charge in [-0.3, -0.25) is 0 Å². The zero-order chi connectivity index (χ0) is 41.2. The molecule has 0 bridgehead atoms. The molecule has 0 N–H and O–H groups in total. The lowest BCUT2D eigenvalue weighted by atomic mass is 9.66. The Morgan fingerprint density at radius 2 is 0.758 bits per heavy atom. The molecule has 13 rings (SSSR count). The summed E-state index contributed by atoms with van der Waals surface area (Å²) in [6.45, 7) is 4.73. The van der Waals surface area contributed by atoms with Gasteiger partial charge in [0.15, 0.2) is 0 Å². The summed E-state index contributed by atoms with van der Waals surface area (Å²) in [7, 11) is 0. The normalized spacial score (nSPS) is 14.6. The average Bonchev–Trinajstić information content (AvgIpc) is 3.59. The van der Waals surface area contributed by atoms with Gasteiger partial charge in [-0.15, -0.1) is 0 Å². The van der Waals surface area contributed by atoms with Crippen molar-refractivity contribution >= 4 is 29.2 Å². The van der Waals surface area contributed by atoms with Gasteiger partial charge in [-0.1, -0.05) is 178 Å². The first-order valence-electron chi connectivity index (χ1n) is 21.7. The van der Waals surface area contributed by atoms with Gasteiger partial charge in [0.1, 0.15) is 11.5 Å². The molecule has 1 spiro atoms. The largest absolute Gasteiger partial charge is 0.456 e. The Morgan fingerprint density at radius 3 is 1.42 bits per heavy atom. The fraction of sp³-hybridized carbons (Fsp3) is 0.0667. The molecule has 62 heavy (non-hydrogen) atoms. The van der Waals surface area contributed by atoms with Gasteiger partial charge < -0.3 is 9.64 Å². The van der Waals surface area contributed by atoms with E-state index >= 15 is 0 Å². The second-order valence-corrected chi connectivity index (χ2v) is 17.6. The maximum Gasteiger partial charge on any atom is 0.135 e. The zero-order valence-corrected chi connectivity index (χ0v) is 34.6. The van der Waals surface area contributed by atoms with Crippen molar-refractivity contribution in [1.29, 1.82) is 0 Å². The van der Waals surface area contributed by atoms with Crippen LogP contribution in [0.5, 0.6) is 11.5 Å². The van der Waals surface area contributed by atoms with Crippen molar-refractivity contribution in [2.75, 3.05) is 4.90 Å². The molecule has 9 aromatic carbocycles. The van der Waals surface area contributed by atoms with Crippen LogP contribution >= 0.6 is 0 Å². The van der Waals surface area contributed by atoms with E-state index in [4.69, 9.17) is 4.74 Å². The Hall–Kier alpha value is -7.68. The van der Waals surface area contributed by atoms with E-state index in [2.05, 4.69) is 231 Å². The smallest absolute Gasteiger partial charge is 0.135 e. The molecule has 0 aromatic heterocycles. The van der Waals surface area contributed by atoms with Crippen LogP contribution in [0.4, 0.5) is 17.1 Å². The molecule has 2 heteroatoms. The summed E-state index contributed by atoms with van der Waals surface area (Å²) in [6.07, 6.45) is 4.60. The molecule has 1 aliphatic heterocycles. The van der Waals surface area contributed by atoms with Crippen molar-refractivity contribution in [1.82, 2.24) is 0 Å². The van der Waals surface area contributed by atoms with Crippen molar-refractivity contribution in [3.05, 3.63) is 245 Å². The molecule has 0 amide bonds. The number of hydrogen-bond donors (Lipinski definition) is 0. The SMILES string of the molecule is CC1(C)c2ccccc2-c2ccc(N(c3ccc4c(c3)-c3ccccc3Oc3ccccc3-4)c3ccc4c(c3)-c3ccccc3C43c4ccccc4C=Cc4ccccc43)cc21. The Kier molecular flexibility index (Phi) is 7.31. The molecule has 0 atom stereocenters. The molecule has 3 aliphatic carbocycles. The van der Waals surface area contributed by atoms with E-state index in [1.54, 1.807) is 0 Å². The number of ether oxygens (including phenoxy) is 1. The lowest BCUT2D eigenvalue weighted by molar-refractivity contribution is 0.488. The highest BCUT2D eigenvalue weighted by molar-refractivity contribution is 5.97. The lowest BCUT2D eigenvalue weighted by Gasteiger charge is -2.35. The summed E-state index contributed by atoms with van der Waals surface area (Å²) >= 11 is 0. The van der Waals surface area contributed by atoms with Crippen molar-refractivity contribution in [2.24, 2.45) is 0 Å². The molecule has 2 nitrogen and oxygen atoms in total. The van der Waals surface area contributed by atoms with E-state index in [0.717, 1.165) is 50.8 Å². The molecule has 4 aliphatic rings. The molecular formula is C60H41NO. The summed E-state index contributed by atoms with van der Waals surface area (Å²) < 4.78 is 6.64. The van der Waals surface area contributed by atoms with Gasteiger partial charge in [0, 0.05) is 33.6 Å². The van der Waals surface area contributed by atoms with Crippen molar-refractivity contribution < 1.29 is 4.74 Å². The van der Waals surface area contributed by atoms with Crippen LogP contribution in [0.3, 0.4) is 0 Å². The highest BCUT2D eigenvalue weighted by atomic mass is 16.5. The third-order valence-corrected chi connectivity index (χ3v) is 14.1. The molecule has 0 saturated carbocycles. The summed E-state index contributed by atoms with van der Waals surface area (Å²) in [5.41, 5.74) is 22.7. The summed E-state index contributed by atoms with van der Waals surface area (Å²) in [4.78, 5) is 2.48. The number of hydrogen-bond acceptors (Lipinski definition) is 2. The summed E-state index contributed by atoms with van der Waals surface area (Å²) in [6, 6.07) is 74.1. The number of anilines is 3. The minimum absolute atomic E-state index is 0.154. The average molecular weight is 792 g/mol. The fourth-order valence-electron chi connectivity index (χ4n) is 11.4. The molecule has 0 saturated heterocycles. The van der Waals surface area contributed by atoms with Gasteiger partial charge in [0.05, 0.1) is 5.41 Å². The lowest BCUT2D eigenvalue weighted by Crippen LogP contribution is -2.29. The van der Waals surface area contributed by atoms with Crippen LogP contribution in [0.2, 0.25) is 0 Å². The fourth-order valence-corrected chi connectivity index (χ4v) is 11.4. The van der Waals surface area contributed by atoms with Crippen LogP contribution in [-0.4, -0.2) is 0 Å². The number of rotatable bonds is 3. The topological polar surface area (TPSA) is 12.5 Å². The van der Waals surface area contributed by atoms with E-state index in [1.165, 1.54) is 66.8 Å². The second-order valence-electron chi connectivity index (χ2n) is 17.6. The predicted octanol–water partition coefficient (Wildman–Crippen LogP) is 15.7. The first kappa shape index (κ1) is 35.1. The second kappa shape index (κ2) is 12.9. The van der Waals surface area contributed by atoms with Gasteiger partial charge in [-0.25, -0.2) is 0 Å². The molecule has 1 heterocycles. The number of benzene rings is 9. The summed E-state index contributed by atoms with van der Waals surface area (Å²) in [5.74, 6) is 1.73. The maximum absolute atomic E-state index is 6.64. The molecule has 292 valence electrons. The van der Waals surface area contributed by atoms with Gasteiger partial charge in [0.2, 0.25) is 0 Å². The third kappa shape index (κ3) is 4.75. The highest BCUT2D eigenvalue weighted by Crippen LogP contribution is 2.60. The Bertz CT molecular complexity index is 3330. The van der Waals surface area contributed by atoms with Crippen molar-refractivity contribution in [2.45, 2.75) is 24.7 Å². The molecular weight excluding hydrogens is 751 g/mol. The molecule has 0 fully saturated rings. The standard InChI is InChI=1S/C60H41NO/c1-59(2)53-23-11-5-17-44(53)46-33-30-42(37-56(46)59)61(40-29-32-43-47-19-7-13-25-57(47)62-58-26-14-8-20-48(58)49(43)35-40)41-31-34-55-50(36-41)45-18-6-12-24-54(45)60(55)51-21-9-3-15-38(51)27-28-39-16-4-10-22-52(39)60/h3-37H,1-2H3. The van der Waals surface area contributed by atoms with Crippen LogP contribution in [-0.2, 0) is 10.8 Å². The maximum atomic E-state index is 6.64. The van der Waals surface area contributed by atoms with Crippen LogP contribution in [0.15, 0.2) is 200 Å². The van der Waals surface area contributed by atoms with E-state index in [9.17, 15) is 0 Å². The number of fused-ring (bicyclic) bond motifs is 17. The highest BCUT2D eigenvalue weighted by Gasteiger charge is 2.48. The van der Waals surface area contributed by atoms with Crippen LogP contribution in [0, 0.1) is 0 Å². The third-order valence-electron chi connectivity index (χ3n) is 14.1. The van der Waals surface area contributed by atoms with Gasteiger partial charge in [-0.05, 0) is 126 Å². The van der Waals surface area contributed by atoms with E-state index < -0.39 is 5.41 Å². The van der Waals surface area contributed by atoms with Crippen LogP contribution in [0.25, 0.3) is 56.7 Å². The monoisotopic (exact) mass is 791 g/mol. The van der Waals surface area contributed by atoms with Gasteiger partial charge >= 0.3 is 0 Å². The van der Waals surface area contributed by atoms with Gasteiger partial charge in [-0.2, -0.15) is 0 Å². The Balaban J connectivity index is 1.07. The van der Waals surface area contributed by atoms with Crippen LogP contribution < -0.4 is 9.64 Å². The number of nitrogens with zero attached hydrogens (tertiary/aromatic N) is 1. The van der Waals surface area contributed by atoms with E-state index in [1.807, 2.05) is 0 Å².